The highest BCUT2D eigenvalue weighted by molar-refractivity contribution is 6.07. The van der Waals surface area contributed by atoms with Gasteiger partial charge in [0.05, 0.1) is 11.3 Å². The van der Waals surface area contributed by atoms with Crippen LogP contribution in [0.1, 0.15) is 24.8 Å². The van der Waals surface area contributed by atoms with E-state index in [-0.39, 0.29) is 36.6 Å². The Morgan fingerprint density at radius 2 is 2.12 bits per heavy atom. The number of imide groups is 1. The number of nitro benzene ring substituents is 1. The lowest BCUT2D eigenvalue weighted by Crippen LogP contribution is -2.47. The van der Waals surface area contributed by atoms with Crippen LogP contribution in [0.2, 0.25) is 0 Å². The van der Waals surface area contributed by atoms with Crippen molar-refractivity contribution in [3.63, 3.8) is 0 Å². The fourth-order valence-corrected chi connectivity index (χ4v) is 2.89. The lowest BCUT2D eigenvalue weighted by molar-refractivity contribution is -0.385. The SMILES string of the molecule is Cc1cc(OCC(=O)N(C2CC2)[C@H]2CC(=O)NC2=O)ccc1[N+](=O)[O-]. The molecule has 0 unspecified atom stereocenters. The van der Waals surface area contributed by atoms with E-state index in [4.69, 9.17) is 4.74 Å². The number of nitro groups is 1. The van der Waals surface area contributed by atoms with Crippen LogP contribution in [0.15, 0.2) is 18.2 Å². The summed E-state index contributed by atoms with van der Waals surface area (Å²) in [5, 5.41) is 13.0. The van der Waals surface area contributed by atoms with Gasteiger partial charge in [-0.15, -0.1) is 0 Å². The minimum Gasteiger partial charge on any atom is -0.484 e. The Bertz CT molecular complexity index is 758. The first-order chi connectivity index (χ1) is 11.9. The molecule has 2 aliphatic rings. The molecule has 2 fully saturated rings. The first-order valence-corrected chi connectivity index (χ1v) is 7.89. The van der Waals surface area contributed by atoms with Gasteiger partial charge in [-0.05, 0) is 31.9 Å². The van der Waals surface area contributed by atoms with Gasteiger partial charge in [0, 0.05) is 17.7 Å². The number of ether oxygens (including phenoxy) is 1. The summed E-state index contributed by atoms with van der Waals surface area (Å²) >= 11 is 0. The monoisotopic (exact) mass is 347 g/mol. The number of hydrogen-bond acceptors (Lipinski definition) is 6. The maximum atomic E-state index is 12.5. The number of amides is 3. The lowest BCUT2D eigenvalue weighted by Gasteiger charge is -2.26. The Kier molecular flexibility index (Phi) is 4.39. The van der Waals surface area contributed by atoms with Crippen molar-refractivity contribution in [2.75, 3.05) is 6.61 Å². The van der Waals surface area contributed by atoms with E-state index < -0.39 is 16.9 Å². The number of carbonyl (C=O) groups is 3. The second kappa shape index (κ2) is 6.50. The summed E-state index contributed by atoms with van der Waals surface area (Å²) < 4.78 is 5.43. The largest absolute Gasteiger partial charge is 0.484 e. The van der Waals surface area contributed by atoms with Crippen LogP contribution in [0.25, 0.3) is 0 Å². The molecule has 0 spiro atoms. The molecule has 1 heterocycles. The van der Waals surface area contributed by atoms with E-state index in [9.17, 15) is 24.5 Å². The van der Waals surface area contributed by atoms with Crippen molar-refractivity contribution in [2.45, 2.75) is 38.3 Å². The van der Waals surface area contributed by atoms with E-state index in [2.05, 4.69) is 5.32 Å². The number of benzene rings is 1. The number of nitrogens with zero attached hydrogens (tertiary/aromatic N) is 2. The molecule has 1 aromatic carbocycles. The molecule has 1 N–H and O–H groups in total. The van der Waals surface area contributed by atoms with Crippen molar-refractivity contribution in [3.05, 3.63) is 33.9 Å². The summed E-state index contributed by atoms with van der Waals surface area (Å²) in [6, 6.07) is 3.40. The first kappa shape index (κ1) is 16.9. The molecule has 3 rings (SSSR count). The minimum atomic E-state index is -0.783. The van der Waals surface area contributed by atoms with Crippen molar-refractivity contribution in [1.29, 1.82) is 0 Å². The molecule has 1 aromatic rings. The molecule has 9 heteroatoms. The van der Waals surface area contributed by atoms with Crippen molar-refractivity contribution in [3.8, 4) is 5.75 Å². The fourth-order valence-electron chi connectivity index (χ4n) is 2.89. The molecule has 1 aliphatic heterocycles. The summed E-state index contributed by atoms with van der Waals surface area (Å²) in [6.07, 6.45) is 1.55. The van der Waals surface area contributed by atoms with Gasteiger partial charge >= 0.3 is 0 Å². The normalized spacial score (nSPS) is 19.5. The van der Waals surface area contributed by atoms with E-state index in [1.165, 1.54) is 23.1 Å². The summed E-state index contributed by atoms with van der Waals surface area (Å²) in [4.78, 5) is 47.5. The molecule has 132 valence electrons. The Morgan fingerprint density at radius 3 is 2.64 bits per heavy atom. The summed E-state index contributed by atoms with van der Waals surface area (Å²) in [6.45, 7) is 1.28. The Balaban J connectivity index is 1.66. The maximum absolute atomic E-state index is 12.5. The first-order valence-electron chi connectivity index (χ1n) is 7.89. The third kappa shape index (κ3) is 3.59. The highest BCUT2D eigenvalue weighted by Gasteiger charge is 2.44. The van der Waals surface area contributed by atoms with Gasteiger partial charge in [-0.25, -0.2) is 0 Å². The van der Waals surface area contributed by atoms with Crippen LogP contribution in [-0.2, 0) is 14.4 Å². The number of carbonyl (C=O) groups excluding carboxylic acids is 3. The lowest BCUT2D eigenvalue weighted by atomic mass is 10.2. The average Bonchev–Trinajstić information content (AvgIpc) is 3.31. The molecule has 1 atom stereocenters. The van der Waals surface area contributed by atoms with Crippen LogP contribution < -0.4 is 10.1 Å². The van der Waals surface area contributed by atoms with Crippen LogP contribution in [0.3, 0.4) is 0 Å². The number of aryl methyl sites for hydroxylation is 1. The second-order valence-electron chi connectivity index (χ2n) is 6.16. The van der Waals surface area contributed by atoms with Gasteiger partial charge in [0.2, 0.25) is 11.8 Å². The average molecular weight is 347 g/mol. The maximum Gasteiger partial charge on any atom is 0.272 e. The van der Waals surface area contributed by atoms with Crippen LogP contribution in [0.5, 0.6) is 5.75 Å². The quantitative estimate of drug-likeness (QED) is 0.459. The third-order valence-electron chi connectivity index (χ3n) is 4.24. The van der Waals surface area contributed by atoms with Crippen LogP contribution >= 0.6 is 0 Å². The van der Waals surface area contributed by atoms with E-state index >= 15 is 0 Å². The topological polar surface area (TPSA) is 119 Å². The number of rotatable bonds is 6. The zero-order valence-electron chi connectivity index (χ0n) is 13.6. The predicted molar refractivity (Wildman–Crippen MR) is 84.8 cm³/mol. The van der Waals surface area contributed by atoms with Crippen molar-refractivity contribution >= 4 is 23.4 Å². The standard InChI is InChI=1S/C16H17N3O6/c1-9-6-11(4-5-12(9)19(23)24)25-8-15(21)18(10-2-3-10)13-7-14(20)17-16(13)22/h4-6,10,13H,2-3,7-8H2,1H3,(H,17,20,22)/t13-/m0/s1. The highest BCUT2D eigenvalue weighted by Crippen LogP contribution is 2.31. The molecule has 0 aromatic heterocycles. The Labute approximate surface area is 143 Å². The molecule has 3 amide bonds. The van der Waals surface area contributed by atoms with E-state index in [1.54, 1.807) is 6.92 Å². The van der Waals surface area contributed by atoms with E-state index in [0.29, 0.717) is 11.3 Å². The minimum absolute atomic E-state index is 0.0283. The fraction of sp³-hybridized carbons (Fsp3) is 0.438. The van der Waals surface area contributed by atoms with Gasteiger partial charge in [-0.2, -0.15) is 0 Å². The van der Waals surface area contributed by atoms with Crippen molar-refractivity contribution < 1.29 is 24.0 Å². The smallest absolute Gasteiger partial charge is 0.272 e. The number of hydrogen-bond donors (Lipinski definition) is 1. The Hall–Kier alpha value is -2.97. The van der Waals surface area contributed by atoms with Crippen molar-refractivity contribution in [1.82, 2.24) is 10.2 Å². The summed E-state index contributed by atoms with van der Waals surface area (Å²) in [5.74, 6) is -0.899. The predicted octanol–water partition coefficient (Wildman–Crippen LogP) is 0.688. The van der Waals surface area contributed by atoms with Gasteiger partial charge < -0.3 is 9.64 Å². The Morgan fingerprint density at radius 1 is 1.40 bits per heavy atom. The second-order valence-corrected chi connectivity index (χ2v) is 6.16. The van der Waals surface area contributed by atoms with E-state index in [0.717, 1.165) is 12.8 Å². The molecular weight excluding hydrogens is 330 g/mol. The van der Waals surface area contributed by atoms with Crippen LogP contribution in [-0.4, -0.2) is 46.2 Å². The van der Waals surface area contributed by atoms with Gasteiger partial charge in [0.25, 0.3) is 11.6 Å². The van der Waals surface area contributed by atoms with Gasteiger partial charge in [-0.3, -0.25) is 29.8 Å². The zero-order valence-corrected chi connectivity index (χ0v) is 13.6. The van der Waals surface area contributed by atoms with Gasteiger partial charge in [0.1, 0.15) is 11.8 Å². The van der Waals surface area contributed by atoms with Crippen LogP contribution in [0, 0.1) is 17.0 Å². The van der Waals surface area contributed by atoms with Gasteiger partial charge in [0.15, 0.2) is 6.61 Å². The van der Waals surface area contributed by atoms with Crippen molar-refractivity contribution in [2.24, 2.45) is 0 Å². The summed E-state index contributed by atoms with van der Waals surface area (Å²) in [7, 11) is 0. The molecule has 1 saturated carbocycles. The molecule has 9 nitrogen and oxygen atoms in total. The third-order valence-corrected chi connectivity index (χ3v) is 4.24. The molecule has 1 saturated heterocycles. The molecular formula is C16H17N3O6. The molecule has 0 radical (unpaired) electrons. The van der Waals surface area contributed by atoms with Gasteiger partial charge in [-0.1, -0.05) is 0 Å². The molecule has 25 heavy (non-hydrogen) atoms. The molecule has 0 bridgehead atoms. The highest BCUT2D eigenvalue weighted by atomic mass is 16.6. The summed E-state index contributed by atoms with van der Waals surface area (Å²) in [5.41, 5.74) is 0.397. The van der Waals surface area contributed by atoms with Crippen LogP contribution in [0.4, 0.5) is 5.69 Å². The zero-order chi connectivity index (χ0) is 18.1. The number of nitrogens with one attached hydrogen (secondary N) is 1. The van der Waals surface area contributed by atoms with E-state index in [1.807, 2.05) is 0 Å². The molecule has 1 aliphatic carbocycles.